The molecular weight excluding hydrogens is 464 g/mol. The van der Waals surface area contributed by atoms with E-state index in [1.165, 1.54) is 5.56 Å². The highest BCUT2D eigenvalue weighted by Crippen LogP contribution is 2.23. The molecule has 8 nitrogen and oxygen atoms in total. The second-order valence-corrected chi connectivity index (χ2v) is 9.73. The minimum Gasteiger partial charge on any atom is -0.489 e. The van der Waals surface area contributed by atoms with Gasteiger partial charge in [-0.3, -0.25) is 14.7 Å². The summed E-state index contributed by atoms with van der Waals surface area (Å²) in [4.78, 5) is 26.0. The van der Waals surface area contributed by atoms with Gasteiger partial charge in [-0.25, -0.2) is 4.98 Å². The highest BCUT2D eigenvalue weighted by molar-refractivity contribution is 5.92. The Kier molecular flexibility index (Phi) is 7.92. The van der Waals surface area contributed by atoms with Crippen LogP contribution in [0.3, 0.4) is 0 Å². The summed E-state index contributed by atoms with van der Waals surface area (Å²) in [5, 5.41) is 12.1. The minimum atomic E-state index is -0.131. The predicted molar refractivity (Wildman–Crippen MR) is 141 cm³/mol. The number of piperidine rings is 2. The number of ether oxygens (including phenoxy) is 1. The van der Waals surface area contributed by atoms with Crippen LogP contribution in [0.1, 0.15) is 47.3 Å². The van der Waals surface area contributed by atoms with Crippen molar-refractivity contribution in [3.8, 4) is 11.8 Å². The molecule has 190 valence electrons. The molecule has 8 heteroatoms. The average molecular weight is 497 g/mol. The lowest BCUT2D eigenvalue weighted by atomic mass is 10.0. The van der Waals surface area contributed by atoms with Gasteiger partial charge in [0.25, 0.3) is 5.91 Å². The zero-order valence-corrected chi connectivity index (χ0v) is 20.9. The summed E-state index contributed by atoms with van der Waals surface area (Å²) in [5.41, 5.74) is 3.44. The van der Waals surface area contributed by atoms with Gasteiger partial charge in [0, 0.05) is 69.7 Å². The largest absolute Gasteiger partial charge is 0.489 e. The van der Waals surface area contributed by atoms with Gasteiger partial charge < -0.3 is 15.0 Å². The predicted octanol–water partition coefficient (Wildman–Crippen LogP) is 3.79. The van der Waals surface area contributed by atoms with E-state index in [1.807, 2.05) is 42.6 Å². The summed E-state index contributed by atoms with van der Waals surface area (Å²) in [6, 6.07) is 17.7. The third-order valence-corrected chi connectivity index (χ3v) is 7.13. The van der Waals surface area contributed by atoms with Crippen LogP contribution >= 0.6 is 0 Å². The molecule has 1 amide bonds. The number of carbonyl (C=O) groups is 1. The smallest absolute Gasteiger partial charge is 0.270 e. The van der Waals surface area contributed by atoms with E-state index in [1.54, 1.807) is 18.5 Å². The summed E-state index contributed by atoms with van der Waals surface area (Å²) in [6.07, 6.45) is 9.13. The Morgan fingerprint density at radius 2 is 1.78 bits per heavy atom. The van der Waals surface area contributed by atoms with Crippen molar-refractivity contribution in [2.45, 2.75) is 44.4 Å². The fourth-order valence-electron chi connectivity index (χ4n) is 5.00. The van der Waals surface area contributed by atoms with Crippen LogP contribution in [0.4, 0.5) is 5.69 Å². The van der Waals surface area contributed by atoms with E-state index in [2.05, 4.69) is 37.2 Å². The number of hydrogen-bond acceptors (Lipinski definition) is 7. The Morgan fingerprint density at radius 1 is 1.00 bits per heavy atom. The summed E-state index contributed by atoms with van der Waals surface area (Å²) >= 11 is 0. The van der Waals surface area contributed by atoms with Crippen molar-refractivity contribution in [3.05, 3.63) is 83.9 Å². The molecule has 0 atom stereocenters. The molecule has 1 N–H and O–H groups in total. The maximum atomic E-state index is 12.7. The third kappa shape index (κ3) is 6.63. The maximum Gasteiger partial charge on any atom is 0.270 e. The van der Waals surface area contributed by atoms with Crippen LogP contribution in [-0.4, -0.2) is 59.1 Å². The summed E-state index contributed by atoms with van der Waals surface area (Å²) in [7, 11) is 0. The molecule has 0 saturated carbocycles. The van der Waals surface area contributed by atoms with E-state index in [0.717, 1.165) is 64.1 Å². The highest BCUT2D eigenvalue weighted by atomic mass is 16.5. The van der Waals surface area contributed by atoms with Gasteiger partial charge in [0.05, 0.1) is 17.8 Å². The Hall–Kier alpha value is -3.96. The number of nitrogens with zero attached hydrogens (tertiary/aromatic N) is 5. The van der Waals surface area contributed by atoms with Crippen molar-refractivity contribution in [2.24, 2.45) is 0 Å². The van der Waals surface area contributed by atoms with Gasteiger partial charge in [-0.2, -0.15) is 5.26 Å². The second kappa shape index (κ2) is 11.8. The number of likely N-dealkylation sites (tertiary alicyclic amines) is 1. The molecule has 2 fully saturated rings. The lowest BCUT2D eigenvalue weighted by molar-refractivity contribution is 0.0903. The molecule has 4 heterocycles. The van der Waals surface area contributed by atoms with E-state index in [4.69, 9.17) is 10.00 Å². The van der Waals surface area contributed by atoms with E-state index in [0.29, 0.717) is 17.0 Å². The molecule has 0 spiro atoms. The van der Waals surface area contributed by atoms with Gasteiger partial charge in [-0.05, 0) is 60.9 Å². The summed E-state index contributed by atoms with van der Waals surface area (Å²) < 4.78 is 6.15. The molecule has 2 saturated heterocycles. The number of aromatic nitrogens is 2. The normalized spacial score (nSPS) is 17.2. The van der Waals surface area contributed by atoms with Crippen LogP contribution in [-0.2, 0) is 6.54 Å². The average Bonchev–Trinajstić information content (AvgIpc) is 2.95. The number of anilines is 1. The molecule has 3 aromatic rings. The van der Waals surface area contributed by atoms with Crippen molar-refractivity contribution in [1.82, 2.24) is 20.2 Å². The number of nitrogens with one attached hydrogen (secondary N) is 1. The van der Waals surface area contributed by atoms with E-state index in [-0.39, 0.29) is 18.1 Å². The Balaban J connectivity index is 1.04. The number of hydrogen-bond donors (Lipinski definition) is 1. The third-order valence-electron chi connectivity index (χ3n) is 7.13. The molecule has 0 unspecified atom stereocenters. The lowest BCUT2D eigenvalue weighted by Crippen LogP contribution is -2.44. The monoisotopic (exact) mass is 496 g/mol. The topological polar surface area (TPSA) is 94.4 Å². The van der Waals surface area contributed by atoms with Crippen LogP contribution in [0.2, 0.25) is 0 Å². The standard InChI is InChI=1S/C29H32N6O2/c30-18-22-3-5-25(6-4-22)35-16-11-26(12-17-35)37-27-7-8-28(32-20-27)29(36)33-24-9-14-34(15-10-24)21-23-2-1-13-31-19-23/h1-8,13,19-20,24,26H,9-12,14-17,21H2,(H,33,36). The fraction of sp³-hybridized carbons (Fsp3) is 0.379. The molecular formula is C29H32N6O2. The van der Waals surface area contributed by atoms with Gasteiger partial charge in [0.1, 0.15) is 17.5 Å². The molecule has 0 aliphatic carbocycles. The molecule has 2 aliphatic rings. The Labute approximate surface area is 217 Å². The second-order valence-electron chi connectivity index (χ2n) is 9.73. The zero-order chi connectivity index (χ0) is 25.5. The SMILES string of the molecule is N#Cc1ccc(N2CCC(Oc3ccc(C(=O)NC4CCN(Cc5cccnc5)CC4)nc3)CC2)cc1. The minimum absolute atomic E-state index is 0.118. The molecule has 1 aromatic carbocycles. The van der Waals surface area contributed by atoms with Gasteiger partial charge in [-0.15, -0.1) is 0 Å². The van der Waals surface area contributed by atoms with Crippen molar-refractivity contribution in [1.29, 1.82) is 5.26 Å². The first-order valence-electron chi connectivity index (χ1n) is 13.0. The maximum absolute atomic E-state index is 12.7. The number of nitriles is 1. The fourth-order valence-corrected chi connectivity index (χ4v) is 5.00. The van der Waals surface area contributed by atoms with Crippen molar-refractivity contribution < 1.29 is 9.53 Å². The first-order chi connectivity index (χ1) is 18.2. The van der Waals surface area contributed by atoms with Crippen LogP contribution in [0.15, 0.2) is 67.1 Å². The van der Waals surface area contributed by atoms with Crippen LogP contribution in [0.25, 0.3) is 0 Å². The van der Waals surface area contributed by atoms with Gasteiger partial charge >= 0.3 is 0 Å². The Morgan fingerprint density at radius 3 is 2.43 bits per heavy atom. The number of rotatable bonds is 7. The molecule has 37 heavy (non-hydrogen) atoms. The first kappa shape index (κ1) is 24.7. The molecule has 2 aliphatic heterocycles. The van der Waals surface area contributed by atoms with Crippen molar-refractivity contribution in [3.63, 3.8) is 0 Å². The van der Waals surface area contributed by atoms with Crippen molar-refractivity contribution >= 4 is 11.6 Å². The van der Waals surface area contributed by atoms with Gasteiger partial charge in [0.15, 0.2) is 0 Å². The van der Waals surface area contributed by atoms with E-state index >= 15 is 0 Å². The first-order valence-corrected chi connectivity index (χ1v) is 13.0. The number of amides is 1. The molecule has 5 rings (SSSR count). The van der Waals surface area contributed by atoms with Gasteiger partial charge in [0.2, 0.25) is 0 Å². The highest BCUT2D eigenvalue weighted by Gasteiger charge is 2.23. The number of benzene rings is 1. The molecule has 2 aromatic heterocycles. The quantitative estimate of drug-likeness (QED) is 0.532. The lowest BCUT2D eigenvalue weighted by Gasteiger charge is -2.33. The molecule has 0 bridgehead atoms. The van der Waals surface area contributed by atoms with Crippen LogP contribution < -0.4 is 15.0 Å². The van der Waals surface area contributed by atoms with Crippen LogP contribution in [0, 0.1) is 11.3 Å². The van der Waals surface area contributed by atoms with E-state index < -0.39 is 0 Å². The summed E-state index contributed by atoms with van der Waals surface area (Å²) in [6.45, 7) is 4.58. The Bertz CT molecular complexity index is 1190. The van der Waals surface area contributed by atoms with Crippen LogP contribution in [0.5, 0.6) is 5.75 Å². The number of pyridine rings is 2. The van der Waals surface area contributed by atoms with E-state index in [9.17, 15) is 4.79 Å². The zero-order valence-electron chi connectivity index (χ0n) is 20.9. The van der Waals surface area contributed by atoms with Gasteiger partial charge in [-0.1, -0.05) is 6.07 Å². The van der Waals surface area contributed by atoms with Crippen molar-refractivity contribution in [2.75, 3.05) is 31.1 Å². The summed E-state index contributed by atoms with van der Waals surface area (Å²) in [5.74, 6) is 0.560. The number of carbonyl (C=O) groups excluding carboxylic acids is 1. The molecule has 0 radical (unpaired) electrons.